The van der Waals surface area contributed by atoms with Crippen LogP contribution in [-0.2, 0) is 18.0 Å². The van der Waals surface area contributed by atoms with Crippen LogP contribution in [0.3, 0.4) is 0 Å². The second-order valence-electron chi connectivity index (χ2n) is 10.4. The number of ether oxygens (including phenoxy) is 1. The quantitative estimate of drug-likeness (QED) is 0.412. The first-order valence-corrected chi connectivity index (χ1v) is 13.8. The molecule has 0 spiro atoms. The molecular formula is C27H26F2N8OS. The Morgan fingerprint density at radius 3 is 2.69 bits per heavy atom. The maximum absolute atomic E-state index is 16.5. The number of benzene rings is 1. The lowest BCUT2D eigenvalue weighted by Gasteiger charge is -2.36. The molecule has 1 atom stereocenters. The largest absolute Gasteiger partial charge is 0.389 e. The van der Waals surface area contributed by atoms with Crippen molar-refractivity contribution in [3.63, 3.8) is 0 Å². The number of pyridine rings is 1. The number of nitrogens with two attached hydrogens (primary N) is 1. The molecule has 0 saturated carbocycles. The summed E-state index contributed by atoms with van der Waals surface area (Å²) in [4.78, 5) is 20.6. The van der Waals surface area contributed by atoms with Gasteiger partial charge in [0.1, 0.15) is 16.6 Å². The summed E-state index contributed by atoms with van der Waals surface area (Å²) in [7, 11) is 2.15. The lowest BCUT2D eigenvalue weighted by Crippen LogP contribution is -2.49. The number of hydrogen-bond donors (Lipinski definition) is 1. The number of hydrogen-bond acceptors (Lipinski definition) is 10. The fourth-order valence-electron chi connectivity index (χ4n) is 6.10. The van der Waals surface area contributed by atoms with Crippen molar-refractivity contribution in [1.82, 2.24) is 24.8 Å². The lowest BCUT2D eigenvalue weighted by molar-refractivity contribution is 0.120. The molecule has 39 heavy (non-hydrogen) atoms. The summed E-state index contributed by atoms with van der Waals surface area (Å²) in [5.41, 5.74) is 8.05. The van der Waals surface area contributed by atoms with Gasteiger partial charge in [0.2, 0.25) is 5.95 Å². The first-order chi connectivity index (χ1) is 18.9. The Kier molecular flexibility index (Phi) is 5.85. The van der Waals surface area contributed by atoms with Gasteiger partial charge in [-0.25, -0.2) is 18.7 Å². The van der Waals surface area contributed by atoms with Gasteiger partial charge >= 0.3 is 0 Å². The minimum Gasteiger partial charge on any atom is -0.389 e. The summed E-state index contributed by atoms with van der Waals surface area (Å²) >= 11 is 0.960. The van der Waals surface area contributed by atoms with Crippen LogP contribution in [0, 0.1) is 23.0 Å². The zero-order valence-electron chi connectivity index (χ0n) is 21.4. The molecule has 0 unspecified atom stereocenters. The Morgan fingerprint density at radius 1 is 1.10 bits per heavy atom. The number of likely N-dealkylation sites (N-methyl/N-ethyl adjacent to an activating group) is 1. The predicted octanol–water partition coefficient (Wildman–Crippen LogP) is 3.49. The number of nitrogen functional groups attached to an aromatic ring is 1. The first-order valence-electron chi connectivity index (χ1n) is 13.0. The average molecular weight is 549 g/mol. The Balaban J connectivity index is 1.34. The third kappa shape index (κ3) is 3.83. The molecule has 2 N–H and O–H groups in total. The summed E-state index contributed by atoms with van der Waals surface area (Å²) in [6, 6.07) is 2.46. The summed E-state index contributed by atoms with van der Waals surface area (Å²) in [5.74, 6) is -0.700. The van der Waals surface area contributed by atoms with E-state index in [0.717, 1.165) is 68.8 Å². The van der Waals surface area contributed by atoms with E-state index in [-0.39, 0.29) is 50.6 Å². The summed E-state index contributed by atoms with van der Waals surface area (Å²) in [6.45, 7) is 6.21. The molecule has 0 aliphatic carbocycles. The SMILES string of the molecule is CN1CCN([C@@H]2CCN(c3ncc4c5c(c(-c6ncc(F)c7sc(N)c(C#N)c67)c(F)c4n3)COC5)C2)CC1. The van der Waals surface area contributed by atoms with E-state index in [4.69, 9.17) is 15.5 Å². The molecule has 4 aromatic rings. The van der Waals surface area contributed by atoms with Crippen LogP contribution in [0.1, 0.15) is 23.1 Å². The number of nitriles is 1. The zero-order valence-corrected chi connectivity index (χ0v) is 22.2. The molecule has 1 aromatic carbocycles. The van der Waals surface area contributed by atoms with Crippen LogP contribution in [-0.4, -0.2) is 77.1 Å². The Hall–Kier alpha value is -3.50. The van der Waals surface area contributed by atoms with E-state index in [1.807, 2.05) is 6.07 Å². The van der Waals surface area contributed by atoms with E-state index in [2.05, 4.69) is 31.7 Å². The highest BCUT2D eigenvalue weighted by Crippen LogP contribution is 2.45. The molecule has 200 valence electrons. The van der Waals surface area contributed by atoms with Crippen LogP contribution in [0.15, 0.2) is 12.4 Å². The third-order valence-corrected chi connectivity index (χ3v) is 9.26. The number of rotatable bonds is 3. The molecule has 3 aromatic heterocycles. The van der Waals surface area contributed by atoms with Crippen molar-refractivity contribution in [2.75, 3.05) is 56.9 Å². The van der Waals surface area contributed by atoms with Gasteiger partial charge in [0.25, 0.3) is 0 Å². The molecule has 3 aliphatic rings. The molecule has 6 heterocycles. The minimum absolute atomic E-state index is 0.0968. The highest BCUT2D eigenvalue weighted by Gasteiger charge is 2.33. The third-order valence-electron chi connectivity index (χ3n) is 8.23. The van der Waals surface area contributed by atoms with Gasteiger partial charge in [-0.15, -0.1) is 11.3 Å². The molecule has 0 bridgehead atoms. The van der Waals surface area contributed by atoms with Crippen molar-refractivity contribution in [2.45, 2.75) is 25.7 Å². The highest BCUT2D eigenvalue weighted by atomic mass is 32.1. The van der Waals surface area contributed by atoms with Gasteiger partial charge in [0.05, 0.1) is 35.4 Å². The summed E-state index contributed by atoms with van der Waals surface area (Å²) in [6.07, 6.45) is 3.73. The minimum atomic E-state index is -0.602. The van der Waals surface area contributed by atoms with E-state index in [9.17, 15) is 9.65 Å². The molecule has 2 fully saturated rings. The van der Waals surface area contributed by atoms with Gasteiger partial charge < -0.3 is 20.3 Å². The number of thiophene rings is 1. The van der Waals surface area contributed by atoms with Crippen molar-refractivity contribution in [1.29, 1.82) is 5.26 Å². The van der Waals surface area contributed by atoms with Crippen molar-refractivity contribution in [3.8, 4) is 17.3 Å². The molecular weight excluding hydrogens is 522 g/mol. The summed E-state index contributed by atoms with van der Waals surface area (Å²) < 4.78 is 37.1. The van der Waals surface area contributed by atoms with Crippen LogP contribution in [0.4, 0.5) is 19.7 Å². The number of nitrogens with zero attached hydrogens (tertiary/aromatic N) is 7. The average Bonchev–Trinajstić information content (AvgIpc) is 3.69. The van der Waals surface area contributed by atoms with E-state index >= 15 is 4.39 Å². The normalized spacial score (nSPS) is 20.3. The molecule has 3 aliphatic heterocycles. The number of aromatic nitrogens is 3. The highest BCUT2D eigenvalue weighted by molar-refractivity contribution is 7.23. The molecule has 12 heteroatoms. The molecule has 9 nitrogen and oxygen atoms in total. The topological polar surface area (TPSA) is 107 Å². The van der Waals surface area contributed by atoms with Crippen molar-refractivity contribution < 1.29 is 13.5 Å². The van der Waals surface area contributed by atoms with Gasteiger partial charge in [0, 0.05) is 67.8 Å². The van der Waals surface area contributed by atoms with Gasteiger partial charge in [-0.2, -0.15) is 5.26 Å². The van der Waals surface area contributed by atoms with E-state index in [1.165, 1.54) is 0 Å². The Morgan fingerprint density at radius 2 is 1.90 bits per heavy atom. The van der Waals surface area contributed by atoms with E-state index < -0.39 is 11.6 Å². The maximum atomic E-state index is 16.5. The molecule has 0 amide bonds. The monoisotopic (exact) mass is 548 g/mol. The van der Waals surface area contributed by atoms with Crippen molar-refractivity contribution in [2.24, 2.45) is 0 Å². The van der Waals surface area contributed by atoms with Crippen LogP contribution >= 0.6 is 11.3 Å². The number of piperazine rings is 1. The van der Waals surface area contributed by atoms with E-state index in [1.54, 1.807) is 6.20 Å². The predicted molar refractivity (Wildman–Crippen MR) is 145 cm³/mol. The van der Waals surface area contributed by atoms with Crippen LogP contribution in [0.25, 0.3) is 32.2 Å². The Bertz CT molecular complexity index is 1680. The molecule has 0 radical (unpaired) electrons. The van der Waals surface area contributed by atoms with Crippen LogP contribution in [0.5, 0.6) is 0 Å². The smallest absolute Gasteiger partial charge is 0.226 e. The van der Waals surface area contributed by atoms with Crippen LogP contribution in [0.2, 0.25) is 0 Å². The molecule has 2 saturated heterocycles. The second kappa shape index (κ2) is 9.31. The van der Waals surface area contributed by atoms with E-state index in [0.29, 0.717) is 22.9 Å². The first kappa shape index (κ1) is 24.5. The van der Waals surface area contributed by atoms with Crippen molar-refractivity contribution >= 4 is 43.3 Å². The lowest BCUT2D eigenvalue weighted by atomic mass is 9.94. The van der Waals surface area contributed by atoms with Gasteiger partial charge in [-0.3, -0.25) is 9.88 Å². The summed E-state index contributed by atoms with van der Waals surface area (Å²) in [5, 5.41) is 10.7. The van der Waals surface area contributed by atoms with Crippen LogP contribution < -0.4 is 10.6 Å². The van der Waals surface area contributed by atoms with Gasteiger partial charge in [0.15, 0.2) is 11.6 Å². The van der Waals surface area contributed by atoms with Gasteiger partial charge in [-0.05, 0) is 24.6 Å². The number of halogens is 2. The zero-order chi connectivity index (χ0) is 26.8. The maximum Gasteiger partial charge on any atom is 0.226 e. The fourth-order valence-corrected chi connectivity index (χ4v) is 7.02. The second-order valence-corrected chi connectivity index (χ2v) is 11.5. The number of fused-ring (bicyclic) bond motifs is 4. The standard InChI is InChI=1S/C27H26F2N8OS/c1-35-4-6-36(7-5-35)14-2-3-37(11-14)27-33-9-16-17-12-38-13-18(17)20(22(29)23(16)34-27)24-21-15(8-30)26(31)39-25(21)19(28)10-32-24/h9-10,14H,2-7,11-13,31H2,1H3/t14-/m1/s1. The Labute approximate surface area is 227 Å². The number of anilines is 2. The van der Waals surface area contributed by atoms with Gasteiger partial charge in [-0.1, -0.05) is 0 Å². The fraction of sp³-hybridized carbons (Fsp3) is 0.407. The molecule has 7 rings (SSSR count). The van der Waals surface area contributed by atoms with Crippen molar-refractivity contribution in [3.05, 3.63) is 40.7 Å².